The zero-order valence-electron chi connectivity index (χ0n) is 11.8. The molecule has 0 spiro atoms. The first-order valence-corrected chi connectivity index (χ1v) is 6.64. The van der Waals surface area contributed by atoms with Gasteiger partial charge in [-0.2, -0.15) is 5.26 Å². The van der Waals surface area contributed by atoms with Crippen molar-refractivity contribution in [3.8, 4) is 6.07 Å². The molecule has 4 nitrogen and oxygen atoms in total. The number of hydrogen-bond acceptors (Lipinski definition) is 3. The maximum atomic E-state index is 10.9. The highest BCUT2D eigenvalue weighted by molar-refractivity contribution is 5.71. The normalized spacial score (nSPS) is 9.90. The van der Waals surface area contributed by atoms with Gasteiger partial charge in [0.05, 0.1) is 17.7 Å². The molecular weight excluding hydrogens is 264 g/mol. The predicted molar refractivity (Wildman–Crippen MR) is 81.0 cm³/mol. The maximum absolute atomic E-state index is 10.9. The van der Waals surface area contributed by atoms with Gasteiger partial charge in [-0.3, -0.25) is 4.79 Å². The van der Waals surface area contributed by atoms with E-state index in [1.165, 1.54) is 0 Å². The van der Waals surface area contributed by atoms with Gasteiger partial charge in [-0.15, -0.1) is 0 Å². The van der Waals surface area contributed by atoms with Gasteiger partial charge in [0.15, 0.2) is 0 Å². The molecule has 0 atom stereocenters. The van der Waals surface area contributed by atoms with Crippen molar-refractivity contribution in [2.24, 2.45) is 0 Å². The Morgan fingerprint density at radius 3 is 2.57 bits per heavy atom. The monoisotopic (exact) mass is 280 g/mol. The Bertz CT molecular complexity index is 702. The fraction of sp³-hybridized carbons (Fsp3) is 0.176. The van der Waals surface area contributed by atoms with Crippen LogP contribution in [0.4, 0.5) is 5.69 Å². The first kappa shape index (κ1) is 14.6. The number of hydrogen-bond donors (Lipinski definition) is 2. The summed E-state index contributed by atoms with van der Waals surface area (Å²) >= 11 is 0. The molecule has 0 fully saturated rings. The number of carboxylic acids is 1. The molecule has 21 heavy (non-hydrogen) atoms. The summed E-state index contributed by atoms with van der Waals surface area (Å²) in [5.74, 6) is -0.851. The van der Waals surface area contributed by atoms with Crippen LogP contribution in [0, 0.1) is 18.3 Å². The van der Waals surface area contributed by atoms with Crippen LogP contribution in [0.2, 0.25) is 0 Å². The summed E-state index contributed by atoms with van der Waals surface area (Å²) in [5, 5.41) is 21.4. The van der Waals surface area contributed by atoms with Gasteiger partial charge in [0, 0.05) is 6.54 Å². The largest absolute Gasteiger partial charge is 0.481 e. The second-order valence-electron chi connectivity index (χ2n) is 4.80. The Morgan fingerprint density at radius 1 is 1.19 bits per heavy atom. The lowest BCUT2D eigenvalue weighted by molar-refractivity contribution is -0.136. The van der Waals surface area contributed by atoms with Crippen LogP contribution in [0.5, 0.6) is 0 Å². The fourth-order valence-corrected chi connectivity index (χ4v) is 2.22. The molecule has 0 radical (unpaired) electrons. The number of carbonyl (C=O) groups is 1. The van der Waals surface area contributed by atoms with Crippen molar-refractivity contribution >= 4 is 11.7 Å². The van der Waals surface area contributed by atoms with Crippen molar-refractivity contribution in [2.45, 2.75) is 19.9 Å². The van der Waals surface area contributed by atoms with Gasteiger partial charge in [0.25, 0.3) is 0 Å². The van der Waals surface area contributed by atoms with Crippen molar-refractivity contribution in [3.63, 3.8) is 0 Å². The number of nitriles is 1. The molecule has 4 heteroatoms. The quantitative estimate of drug-likeness (QED) is 0.882. The topological polar surface area (TPSA) is 73.1 Å². The van der Waals surface area contributed by atoms with Gasteiger partial charge in [0.2, 0.25) is 0 Å². The molecule has 0 amide bonds. The van der Waals surface area contributed by atoms with Gasteiger partial charge >= 0.3 is 5.97 Å². The molecule has 0 aliphatic carbocycles. The van der Waals surface area contributed by atoms with Crippen LogP contribution in [0.1, 0.15) is 22.3 Å². The minimum atomic E-state index is -0.851. The van der Waals surface area contributed by atoms with Crippen LogP contribution in [0.25, 0.3) is 0 Å². The van der Waals surface area contributed by atoms with Gasteiger partial charge < -0.3 is 10.4 Å². The highest BCUT2D eigenvalue weighted by atomic mass is 16.4. The average Bonchev–Trinajstić information content (AvgIpc) is 2.46. The summed E-state index contributed by atoms with van der Waals surface area (Å²) in [7, 11) is 0. The highest BCUT2D eigenvalue weighted by Crippen LogP contribution is 2.20. The van der Waals surface area contributed by atoms with E-state index in [9.17, 15) is 10.1 Å². The summed E-state index contributed by atoms with van der Waals surface area (Å²) in [6, 6.07) is 15.2. The van der Waals surface area contributed by atoms with Crippen LogP contribution < -0.4 is 5.32 Å². The molecule has 0 unspecified atom stereocenters. The fourth-order valence-electron chi connectivity index (χ4n) is 2.22. The van der Waals surface area contributed by atoms with Crippen molar-refractivity contribution < 1.29 is 9.90 Å². The Kier molecular flexibility index (Phi) is 4.57. The summed E-state index contributed by atoms with van der Waals surface area (Å²) in [6.07, 6.45) is -0.00320. The molecule has 0 aliphatic rings. The standard InChI is InChI=1S/C17H16N2O2/c1-12-5-4-8-16(15(12)10-18)19-11-14-7-3-2-6-13(14)9-17(20)21/h2-8,19H,9,11H2,1H3,(H,20,21). The summed E-state index contributed by atoms with van der Waals surface area (Å²) in [5.41, 5.74) is 4.01. The van der Waals surface area contributed by atoms with Crippen LogP contribution in [0.3, 0.4) is 0 Å². The van der Waals surface area contributed by atoms with Crippen molar-refractivity contribution in [1.82, 2.24) is 0 Å². The lowest BCUT2D eigenvalue weighted by Gasteiger charge is -2.12. The van der Waals surface area contributed by atoms with Crippen molar-refractivity contribution in [1.29, 1.82) is 5.26 Å². The summed E-state index contributed by atoms with van der Waals surface area (Å²) in [6.45, 7) is 2.38. The molecular formula is C17H16N2O2. The third kappa shape index (κ3) is 3.61. The van der Waals surface area contributed by atoms with Crippen molar-refractivity contribution in [3.05, 3.63) is 64.7 Å². The van der Waals surface area contributed by atoms with Gasteiger partial charge in [-0.25, -0.2) is 0 Å². The van der Waals surface area contributed by atoms with E-state index in [0.717, 1.165) is 22.4 Å². The number of anilines is 1. The minimum Gasteiger partial charge on any atom is -0.481 e. The Labute approximate surface area is 123 Å². The molecule has 0 heterocycles. The third-order valence-electron chi connectivity index (χ3n) is 3.31. The van der Waals surface area contributed by atoms with E-state index in [4.69, 9.17) is 5.11 Å². The zero-order valence-corrected chi connectivity index (χ0v) is 11.8. The van der Waals surface area contributed by atoms with Gasteiger partial charge in [0.1, 0.15) is 6.07 Å². The molecule has 106 valence electrons. The Hall–Kier alpha value is -2.80. The predicted octanol–water partition coefficient (Wildman–Crippen LogP) is 3.11. The maximum Gasteiger partial charge on any atom is 0.307 e. The molecule has 2 rings (SSSR count). The summed E-state index contributed by atoms with van der Waals surface area (Å²) < 4.78 is 0. The van der Waals surface area contributed by atoms with E-state index in [0.29, 0.717) is 12.1 Å². The van der Waals surface area contributed by atoms with E-state index >= 15 is 0 Å². The molecule has 0 saturated carbocycles. The SMILES string of the molecule is Cc1cccc(NCc2ccccc2CC(=O)O)c1C#N. The first-order valence-electron chi connectivity index (χ1n) is 6.64. The number of nitrogens with zero attached hydrogens (tertiary/aromatic N) is 1. The number of aryl methyl sites for hydroxylation is 1. The van der Waals surface area contributed by atoms with E-state index in [2.05, 4.69) is 11.4 Å². The van der Waals surface area contributed by atoms with E-state index in [-0.39, 0.29) is 6.42 Å². The molecule has 2 aromatic carbocycles. The van der Waals surface area contributed by atoms with E-state index < -0.39 is 5.97 Å². The number of nitrogens with one attached hydrogen (secondary N) is 1. The smallest absolute Gasteiger partial charge is 0.307 e. The summed E-state index contributed by atoms with van der Waals surface area (Å²) in [4.78, 5) is 10.9. The first-order chi connectivity index (χ1) is 10.1. The van der Waals surface area contributed by atoms with E-state index in [1.807, 2.05) is 49.4 Å². The molecule has 2 N–H and O–H groups in total. The Balaban J connectivity index is 2.20. The van der Waals surface area contributed by atoms with Crippen LogP contribution >= 0.6 is 0 Å². The number of carboxylic acid groups (broad SMARTS) is 1. The Morgan fingerprint density at radius 2 is 1.90 bits per heavy atom. The minimum absolute atomic E-state index is 0.00320. The molecule has 0 saturated heterocycles. The average molecular weight is 280 g/mol. The van der Waals surface area contributed by atoms with E-state index in [1.54, 1.807) is 0 Å². The molecule has 0 aliphatic heterocycles. The highest BCUT2D eigenvalue weighted by Gasteiger charge is 2.08. The second-order valence-corrected chi connectivity index (χ2v) is 4.80. The second kappa shape index (κ2) is 6.58. The number of rotatable bonds is 5. The number of aliphatic carboxylic acids is 1. The lowest BCUT2D eigenvalue weighted by Crippen LogP contribution is -2.08. The zero-order chi connectivity index (χ0) is 15.2. The van der Waals surface area contributed by atoms with Gasteiger partial charge in [-0.05, 0) is 29.7 Å². The third-order valence-corrected chi connectivity index (χ3v) is 3.31. The van der Waals surface area contributed by atoms with Gasteiger partial charge in [-0.1, -0.05) is 36.4 Å². The molecule has 0 bridgehead atoms. The van der Waals surface area contributed by atoms with Crippen LogP contribution in [-0.4, -0.2) is 11.1 Å². The van der Waals surface area contributed by atoms with Crippen molar-refractivity contribution in [2.75, 3.05) is 5.32 Å². The number of benzene rings is 2. The van der Waals surface area contributed by atoms with Crippen LogP contribution in [-0.2, 0) is 17.8 Å². The van der Waals surface area contributed by atoms with Crippen LogP contribution in [0.15, 0.2) is 42.5 Å². The lowest BCUT2D eigenvalue weighted by atomic mass is 10.0. The molecule has 2 aromatic rings. The molecule has 0 aromatic heterocycles.